The van der Waals surface area contributed by atoms with E-state index in [1.54, 1.807) is 11.0 Å². The fourth-order valence-corrected chi connectivity index (χ4v) is 4.00. The summed E-state index contributed by atoms with van der Waals surface area (Å²) in [6.07, 6.45) is -8.58. The Bertz CT molecular complexity index is 967. The summed E-state index contributed by atoms with van der Waals surface area (Å²) in [5, 5.41) is 9.20. The quantitative estimate of drug-likeness (QED) is 0.521. The third-order valence-corrected chi connectivity index (χ3v) is 5.47. The Morgan fingerprint density at radius 1 is 1.10 bits per heavy atom. The van der Waals surface area contributed by atoms with E-state index in [2.05, 4.69) is 0 Å². The predicted molar refractivity (Wildman–Crippen MR) is 105 cm³/mol. The topological polar surface area (TPSA) is 30.3 Å². The second-order valence-corrected chi connectivity index (χ2v) is 7.76. The van der Waals surface area contributed by atoms with Crippen LogP contribution < -0.4 is 4.90 Å². The highest BCUT2D eigenvalue weighted by molar-refractivity contribution is 6.32. The molecule has 3 nitrogen and oxygen atoms in total. The molecule has 0 aliphatic carbocycles. The molecule has 1 fully saturated rings. The van der Waals surface area contributed by atoms with Gasteiger partial charge in [-0.2, -0.15) is 31.6 Å². The van der Waals surface area contributed by atoms with Crippen molar-refractivity contribution >= 4 is 17.3 Å². The van der Waals surface area contributed by atoms with Gasteiger partial charge in [0.15, 0.2) is 0 Å². The van der Waals surface area contributed by atoms with Gasteiger partial charge in [-0.05, 0) is 36.2 Å². The molecule has 0 bridgehead atoms. The van der Waals surface area contributed by atoms with Crippen LogP contribution >= 0.6 is 11.6 Å². The second-order valence-electron chi connectivity index (χ2n) is 7.35. The number of hydrogen-bond donors (Lipinski definition) is 0. The molecule has 1 atom stereocenters. The number of benzene rings is 2. The van der Waals surface area contributed by atoms with Crippen LogP contribution in [0.4, 0.5) is 32.0 Å². The molecule has 0 N–H and O–H groups in total. The van der Waals surface area contributed by atoms with Crippen LogP contribution in [0.3, 0.4) is 0 Å². The van der Waals surface area contributed by atoms with Gasteiger partial charge in [-0.3, -0.25) is 4.90 Å². The van der Waals surface area contributed by atoms with Crippen LogP contribution in [0.5, 0.6) is 0 Å². The maximum Gasteiger partial charge on any atom is 0.416 e. The Balaban J connectivity index is 1.95. The van der Waals surface area contributed by atoms with Crippen molar-refractivity contribution in [1.29, 1.82) is 5.26 Å². The maximum absolute atomic E-state index is 13.5. The van der Waals surface area contributed by atoms with Gasteiger partial charge in [-0.1, -0.05) is 29.8 Å². The van der Waals surface area contributed by atoms with Crippen molar-refractivity contribution < 1.29 is 26.3 Å². The highest BCUT2D eigenvalue weighted by Crippen LogP contribution is 2.35. The molecule has 10 heteroatoms. The van der Waals surface area contributed by atoms with E-state index in [0.29, 0.717) is 12.1 Å². The SMILES string of the molecule is N#Cc1ccc(N(Cc2ccccc2C(F)(F)F)[C@H]2CCN(CC(F)(F)F)C2)cc1Cl. The molecule has 0 spiro atoms. The smallest absolute Gasteiger partial charge is 0.363 e. The summed E-state index contributed by atoms with van der Waals surface area (Å²) in [7, 11) is 0. The van der Waals surface area contributed by atoms with Gasteiger partial charge in [0.25, 0.3) is 0 Å². The van der Waals surface area contributed by atoms with Crippen LogP contribution in [-0.2, 0) is 12.7 Å². The monoisotopic (exact) mass is 461 g/mol. The highest BCUT2D eigenvalue weighted by Gasteiger charge is 2.38. The van der Waals surface area contributed by atoms with Gasteiger partial charge >= 0.3 is 12.4 Å². The standard InChI is InChI=1S/C21H18ClF6N3/c22-19-9-16(6-5-14(19)10-29)31(17-7-8-30(12-17)13-20(23,24)25)11-15-3-1-2-4-18(15)21(26,27)28/h1-6,9,17H,7-8,11-13H2/t17-/m0/s1. The minimum absolute atomic E-state index is 0.00440. The summed E-state index contributed by atoms with van der Waals surface area (Å²) in [5.41, 5.74) is -0.152. The number of halogens is 7. The predicted octanol–water partition coefficient (Wildman–Crippen LogP) is 5.87. The first-order chi connectivity index (χ1) is 14.5. The molecular weight excluding hydrogens is 444 g/mol. The van der Waals surface area contributed by atoms with Gasteiger partial charge in [-0.15, -0.1) is 0 Å². The van der Waals surface area contributed by atoms with Crippen LogP contribution in [0.15, 0.2) is 42.5 Å². The lowest BCUT2D eigenvalue weighted by atomic mass is 10.0. The van der Waals surface area contributed by atoms with E-state index in [1.807, 2.05) is 6.07 Å². The molecule has 166 valence electrons. The van der Waals surface area contributed by atoms with Crippen molar-refractivity contribution in [2.45, 2.75) is 31.4 Å². The zero-order chi connectivity index (χ0) is 22.8. The minimum Gasteiger partial charge on any atom is -0.363 e. The third-order valence-electron chi connectivity index (χ3n) is 5.16. The number of likely N-dealkylation sites (tertiary alicyclic amines) is 1. The van der Waals surface area contributed by atoms with Crippen molar-refractivity contribution in [3.8, 4) is 6.07 Å². The van der Waals surface area contributed by atoms with Crippen LogP contribution in [-0.4, -0.2) is 36.8 Å². The highest BCUT2D eigenvalue weighted by atomic mass is 35.5. The van der Waals surface area contributed by atoms with Crippen LogP contribution in [0, 0.1) is 11.3 Å². The third kappa shape index (κ3) is 5.83. The van der Waals surface area contributed by atoms with Gasteiger partial charge < -0.3 is 4.90 Å². The number of nitriles is 1. The Labute approximate surface area is 180 Å². The summed E-state index contributed by atoms with van der Waals surface area (Å²) in [5.74, 6) is 0. The summed E-state index contributed by atoms with van der Waals surface area (Å²) >= 11 is 6.11. The van der Waals surface area contributed by atoms with E-state index in [1.165, 1.54) is 35.2 Å². The van der Waals surface area contributed by atoms with Crippen molar-refractivity contribution in [2.75, 3.05) is 24.5 Å². The van der Waals surface area contributed by atoms with Gasteiger partial charge in [0, 0.05) is 31.4 Å². The summed E-state index contributed by atoms with van der Waals surface area (Å²) in [6.45, 7) is -1.02. The van der Waals surface area contributed by atoms with Crippen LogP contribution in [0.1, 0.15) is 23.1 Å². The van der Waals surface area contributed by atoms with E-state index in [-0.39, 0.29) is 35.8 Å². The number of alkyl halides is 6. The molecule has 0 unspecified atom stereocenters. The fourth-order valence-electron chi connectivity index (χ4n) is 3.79. The first kappa shape index (κ1) is 23.2. The lowest BCUT2D eigenvalue weighted by Gasteiger charge is -2.32. The number of anilines is 1. The second kappa shape index (κ2) is 8.97. The Kier molecular flexibility index (Phi) is 6.72. The van der Waals surface area contributed by atoms with Crippen molar-refractivity contribution in [3.63, 3.8) is 0 Å². The lowest BCUT2D eigenvalue weighted by Crippen LogP contribution is -2.39. The number of nitrogens with zero attached hydrogens (tertiary/aromatic N) is 3. The van der Waals surface area contributed by atoms with E-state index in [9.17, 15) is 26.3 Å². The molecule has 1 heterocycles. The number of rotatable bonds is 5. The normalized spacial score (nSPS) is 17.5. The molecule has 0 aromatic heterocycles. The molecule has 2 aromatic carbocycles. The van der Waals surface area contributed by atoms with Crippen LogP contribution in [0.2, 0.25) is 5.02 Å². The first-order valence-corrected chi connectivity index (χ1v) is 9.76. The van der Waals surface area contributed by atoms with Crippen molar-refractivity contribution in [3.05, 3.63) is 64.2 Å². The Morgan fingerprint density at radius 3 is 2.42 bits per heavy atom. The summed E-state index contributed by atoms with van der Waals surface area (Å²) in [4.78, 5) is 2.87. The fraction of sp³-hybridized carbons (Fsp3) is 0.381. The molecule has 2 aromatic rings. The van der Waals surface area contributed by atoms with E-state index in [4.69, 9.17) is 16.9 Å². The van der Waals surface area contributed by atoms with Crippen molar-refractivity contribution in [2.24, 2.45) is 0 Å². The summed E-state index contributed by atoms with van der Waals surface area (Å²) in [6, 6.07) is 11.0. The van der Waals surface area contributed by atoms with Gasteiger partial charge in [0.1, 0.15) is 6.07 Å². The average molecular weight is 462 g/mol. The molecular formula is C21H18ClF6N3. The van der Waals surface area contributed by atoms with Crippen molar-refractivity contribution in [1.82, 2.24) is 4.90 Å². The molecule has 1 aliphatic rings. The Morgan fingerprint density at radius 2 is 1.81 bits per heavy atom. The van der Waals surface area contributed by atoms with E-state index < -0.39 is 30.5 Å². The molecule has 0 amide bonds. The molecule has 31 heavy (non-hydrogen) atoms. The Hall–Kier alpha value is -2.44. The molecule has 0 radical (unpaired) electrons. The molecule has 0 saturated carbocycles. The summed E-state index contributed by atoms with van der Waals surface area (Å²) < 4.78 is 78.8. The number of hydrogen-bond acceptors (Lipinski definition) is 3. The minimum atomic E-state index is -4.57. The zero-order valence-corrected chi connectivity index (χ0v) is 16.9. The molecule has 3 rings (SSSR count). The van der Waals surface area contributed by atoms with Gasteiger partial charge in [0.2, 0.25) is 0 Å². The zero-order valence-electron chi connectivity index (χ0n) is 16.1. The molecule has 1 saturated heterocycles. The largest absolute Gasteiger partial charge is 0.416 e. The van der Waals surface area contributed by atoms with E-state index in [0.717, 1.165) is 6.07 Å². The maximum atomic E-state index is 13.5. The van der Waals surface area contributed by atoms with Gasteiger partial charge in [0.05, 0.1) is 22.7 Å². The van der Waals surface area contributed by atoms with Gasteiger partial charge in [-0.25, -0.2) is 0 Å². The molecule has 1 aliphatic heterocycles. The first-order valence-electron chi connectivity index (χ1n) is 9.38. The van der Waals surface area contributed by atoms with Crippen LogP contribution in [0.25, 0.3) is 0 Å². The lowest BCUT2D eigenvalue weighted by molar-refractivity contribution is -0.143. The van der Waals surface area contributed by atoms with E-state index >= 15 is 0 Å². The average Bonchev–Trinajstić information content (AvgIpc) is 3.11.